The number of carbonyl (C=O) groups excluding carboxylic acids is 1. The third kappa shape index (κ3) is 8.53. The van der Waals surface area contributed by atoms with E-state index in [1.165, 1.54) is 19.3 Å². The molecule has 4 N–H and O–H groups in total. The van der Waals surface area contributed by atoms with Crippen LogP contribution in [0.4, 0.5) is 5.69 Å². The average molecular weight is 504 g/mol. The van der Waals surface area contributed by atoms with Gasteiger partial charge < -0.3 is 25.8 Å². The molecule has 0 saturated heterocycles. The van der Waals surface area contributed by atoms with Crippen LogP contribution in [0.1, 0.15) is 52.4 Å². The highest BCUT2D eigenvalue weighted by atomic mass is 127. The zero-order chi connectivity index (χ0) is 19.5. The average Bonchev–Trinajstić information content (AvgIpc) is 2.65. The molecule has 1 aliphatic rings. The Morgan fingerprint density at radius 1 is 1.18 bits per heavy atom. The smallest absolute Gasteiger partial charge is 0.222 e. The minimum absolute atomic E-state index is 0. The van der Waals surface area contributed by atoms with Crippen molar-refractivity contribution in [2.24, 2.45) is 10.7 Å². The number of aliphatic imine (C=N–C) groups is 1. The lowest BCUT2D eigenvalue weighted by atomic mass is 9.95. The topological polar surface area (TPSA) is 98.0 Å². The molecule has 0 radical (unpaired) electrons. The molecule has 0 bridgehead atoms. The first-order valence-electron chi connectivity index (χ1n) is 9.88. The first-order chi connectivity index (χ1) is 13.1. The molecule has 0 aliphatic heterocycles. The lowest BCUT2D eigenvalue weighted by Gasteiger charge is -2.22. The molecule has 0 atom stereocenters. The number of halogens is 1. The summed E-state index contributed by atoms with van der Waals surface area (Å²) >= 11 is 0. The highest BCUT2D eigenvalue weighted by Crippen LogP contribution is 2.29. The van der Waals surface area contributed by atoms with Gasteiger partial charge in [-0.1, -0.05) is 19.3 Å². The van der Waals surface area contributed by atoms with Crippen LogP contribution in [-0.4, -0.2) is 37.7 Å². The monoisotopic (exact) mass is 504 g/mol. The van der Waals surface area contributed by atoms with Crippen molar-refractivity contribution in [3.05, 3.63) is 18.2 Å². The van der Waals surface area contributed by atoms with Crippen LogP contribution < -0.4 is 25.8 Å². The van der Waals surface area contributed by atoms with Gasteiger partial charge in [-0.15, -0.1) is 24.0 Å². The maximum atomic E-state index is 12.0. The van der Waals surface area contributed by atoms with E-state index < -0.39 is 0 Å². The molecule has 2 rings (SSSR count). The molecule has 0 heterocycles. The number of guanidine groups is 1. The molecule has 1 aliphatic carbocycles. The largest absolute Gasteiger partial charge is 0.494 e. The van der Waals surface area contributed by atoms with Crippen molar-refractivity contribution >= 4 is 41.5 Å². The second-order valence-corrected chi connectivity index (χ2v) is 6.57. The number of nitrogens with zero attached hydrogens (tertiary/aromatic N) is 1. The predicted octanol–water partition coefficient (Wildman–Crippen LogP) is 3.67. The maximum Gasteiger partial charge on any atom is 0.222 e. The van der Waals surface area contributed by atoms with Gasteiger partial charge in [0, 0.05) is 18.5 Å². The van der Waals surface area contributed by atoms with Crippen LogP contribution in [0.25, 0.3) is 0 Å². The summed E-state index contributed by atoms with van der Waals surface area (Å²) in [6, 6.07) is 5.83. The molecule has 158 valence electrons. The number of anilines is 1. The molecule has 0 spiro atoms. The van der Waals surface area contributed by atoms with E-state index in [0.29, 0.717) is 43.7 Å². The zero-order valence-corrected chi connectivity index (χ0v) is 19.2. The highest BCUT2D eigenvalue weighted by Gasteiger charge is 2.15. The van der Waals surface area contributed by atoms with Crippen LogP contribution in [0, 0.1) is 0 Å². The van der Waals surface area contributed by atoms with Gasteiger partial charge in [0.15, 0.2) is 5.96 Å². The van der Waals surface area contributed by atoms with E-state index in [9.17, 15) is 4.79 Å². The van der Waals surface area contributed by atoms with E-state index in [2.05, 4.69) is 15.6 Å². The van der Waals surface area contributed by atoms with Gasteiger partial charge >= 0.3 is 0 Å². The predicted molar refractivity (Wildman–Crippen MR) is 124 cm³/mol. The summed E-state index contributed by atoms with van der Waals surface area (Å²) in [6.45, 7) is 5.31. The molecule has 0 aromatic heterocycles. The molecule has 1 amide bonds. The number of nitrogens with one attached hydrogen (secondary N) is 2. The Kier molecular flexibility index (Phi) is 11.7. The Balaban J connectivity index is 0.00000392. The fraction of sp³-hybridized carbons (Fsp3) is 0.600. The quantitative estimate of drug-likeness (QED) is 0.271. The van der Waals surface area contributed by atoms with E-state index in [-0.39, 0.29) is 35.8 Å². The van der Waals surface area contributed by atoms with Gasteiger partial charge in [-0.25, -0.2) is 0 Å². The number of hydrogen-bond donors (Lipinski definition) is 3. The van der Waals surface area contributed by atoms with Crippen molar-refractivity contribution in [3.63, 3.8) is 0 Å². The van der Waals surface area contributed by atoms with E-state index in [4.69, 9.17) is 15.2 Å². The molecule has 1 fully saturated rings. The Labute approximate surface area is 184 Å². The van der Waals surface area contributed by atoms with Crippen molar-refractivity contribution in [1.82, 2.24) is 5.32 Å². The molecule has 28 heavy (non-hydrogen) atoms. The normalized spacial score (nSPS) is 14.7. The minimum atomic E-state index is 0. The van der Waals surface area contributed by atoms with Gasteiger partial charge in [0.05, 0.1) is 25.4 Å². The van der Waals surface area contributed by atoms with Crippen molar-refractivity contribution in [1.29, 1.82) is 0 Å². The van der Waals surface area contributed by atoms with Crippen molar-refractivity contribution in [2.45, 2.75) is 58.4 Å². The number of amides is 1. The van der Waals surface area contributed by atoms with Crippen LogP contribution in [0.5, 0.6) is 11.5 Å². The third-order valence-electron chi connectivity index (χ3n) is 4.42. The first-order valence-corrected chi connectivity index (χ1v) is 9.88. The number of nitrogens with two attached hydrogens (primary N) is 1. The van der Waals surface area contributed by atoms with Crippen LogP contribution in [0.3, 0.4) is 0 Å². The van der Waals surface area contributed by atoms with Crippen LogP contribution in [0.15, 0.2) is 23.2 Å². The van der Waals surface area contributed by atoms with Gasteiger partial charge in [-0.3, -0.25) is 9.79 Å². The lowest BCUT2D eigenvalue weighted by molar-refractivity contribution is -0.121. The molecular weight excluding hydrogens is 471 g/mol. The Bertz CT molecular complexity index is 634. The number of hydrogen-bond acceptors (Lipinski definition) is 4. The van der Waals surface area contributed by atoms with Crippen LogP contribution in [-0.2, 0) is 4.79 Å². The molecule has 1 aromatic carbocycles. The van der Waals surface area contributed by atoms with E-state index in [0.717, 1.165) is 18.6 Å². The maximum absolute atomic E-state index is 12.0. The zero-order valence-electron chi connectivity index (χ0n) is 16.8. The standard InChI is InChI=1S/C20H32N4O3.HI/c1-3-26-16-10-11-18(27-4-2)17(14-16)24-20(21)22-13-12-19(25)23-15-8-6-5-7-9-15;/h10-11,14-15H,3-9,12-13H2,1-2H3,(H,23,25)(H3,21,22,24);1H. The fourth-order valence-corrected chi connectivity index (χ4v) is 3.15. The van der Waals surface area contributed by atoms with Crippen molar-refractivity contribution in [3.8, 4) is 11.5 Å². The summed E-state index contributed by atoms with van der Waals surface area (Å²) in [7, 11) is 0. The van der Waals surface area contributed by atoms with E-state index >= 15 is 0 Å². The fourth-order valence-electron chi connectivity index (χ4n) is 3.15. The van der Waals surface area contributed by atoms with Gasteiger partial charge in [-0.2, -0.15) is 0 Å². The molecule has 8 heteroatoms. The Hall–Kier alpha value is -1.71. The Morgan fingerprint density at radius 3 is 2.57 bits per heavy atom. The second-order valence-electron chi connectivity index (χ2n) is 6.57. The van der Waals surface area contributed by atoms with E-state index in [1.807, 2.05) is 32.0 Å². The van der Waals surface area contributed by atoms with Crippen LogP contribution >= 0.6 is 24.0 Å². The summed E-state index contributed by atoms with van der Waals surface area (Å²) in [5.74, 6) is 1.68. The first kappa shape index (κ1) is 24.3. The third-order valence-corrected chi connectivity index (χ3v) is 4.42. The Morgan fingerprint density at radius 2 is 1.89 bits per heavy atom. The van der Waals surface area contributed by atoms with E-state index in [1.54, 1.807) is 0 Å². The molecule has 7 nitrogen and oxygen atoms in total. The number of ether oxygens (including phenoxy) is 2. The summed E-state index contributed by atoms with van der Waals surface area (Å²) < 4.78 is 11.1. The summed E-state index contributed by atoms with van der Waals surface area (Å²) in [6.07, 6.45) is 6.15. The SMILES string of the molecule is CCOc1ccc(OCC)c(NC(N)=NCCC(=O)NC2CCCCC2)c1.I. The molecule has 1 aromatic rings. The summed E-state index contributed by atoms with van der Waals surface area (Å²) in [4.78, 5) is 16.3. The molecule has 0 unspecified atom stereocenters. The van der Waals surface area contributed by atoms with Crippen LogP contribution in [0.2, 0.25) is 0 Å². The number of carbonyl (C=O) groups is 1. The summed E-state index contributed by atoms with van der Waals surface area (Å²) in [5, 5.41) is 6.12. The van der Waals surface area contributed by atoms with Gasteiger partial charge in [0.1, 0.15) is 11.5 Å². The van der Waals surface area contributed by atoms with Gasteiger partial charge in [0.25, 0.3) is 0 Å². The molecular formula is C20H33IN4O3. The minimum Gasteiger partial charge on any atom is -0.494 e. The van der Waals surface area contributed by atoms with Crippen molar-refractivity contribution < 1.29 is 14.3 Å². The number of benzene rings is 1. The van der Waals surface area contributed by atoms with Gasteiger partial charge in [-0.05, 0) is 38.8 Å². The number of rotatable bonds is 9. The van der Waals surface area contributed by atoms with Gasteiger partial charge in [0.2, 0.25) is 5.91 Å². The summed E-state index contributed by atoms with van der Waals surface area (Å²) in [5.41, 5.74) is 6.67. The van der Waals surface area contributed by atoms with Crippen molar-refractivity contribution in [2.75, 3.05) is 25.1 Å². The lowest BCUT2D eigenvalue weighted by Crippen LogP contribution is -2.36. The molecule has 1 saturated carbocycles. The second kappa shape index (κ2) is 13.5. The highest BCUT2D eigenvalue weighted by molar-refractivity contribution is 14.0.